The third kappa shape index (κ3) is 3.47. The van der Waals surface area contributed by atoms with E-state index in [1.165, 1.54) is 25.7 Å². The Kier molecular flexibility index (Phi) is 4.43. The lowest BCUT2D eigenvalue weighted by Crippen LogP contribution is -2.36. The van der Waals surface area contributed by atoms with Crippen LogP contribution in [0.1, 0.15) is 39.0 Å². The van der Waals surface area contributed by atoms with E-state index in [1.807, 2.05) is 0 Å². The van der Waals surface area contributed by atoms with Crippen LogP contribution in [0.3, 0.4) is 0 Å². The van der Waals surface area contributed by atoms with Gasteiger partial charge in [0.05, 0.1) is 0 Å². The maximum Gasteiger partial charge on any atom is 0.121 e. The van der Waals surface area contributed by atoms with Crippen LogP contribution in [0, 0.1) is 5.92 Å². The van der Waals surface area contributed by atoms with Gasteiger partial charge in [-0.25, -0.2) is 0 Å². The highest BCUT2D eigenvalue weighted by atomic mass is 16.1. The van der Waals surface area contributed by atoms with Crippen molar-refractivity contribution in [3.63, 3.8) is 0 Å². The summed E-state index contributed by atoms with van der Waals surface area (Å²) in [5.41, 5.74) is 0. The molecule has 2 heteroatoms. The molecule has 1 aliphatic carbocycles. The number of rotatable bonds is 4. The van der Waals surface area contributed by atoms with E-state index in [1.54, 1.807) is 0 Å². The minimum atomic E-state index is 0.682. The zero-order chi connectivity index (χ0) is 9.68. The van der Waals surface area contributed by atoms with Crippen molar-refractivity contribution in [1.82, 2.24) is 4.90 Å². The fourth-order valence-electron chi connectivity index (χ4n) is 2.24. The van der Waals surface area contributed by atoms with Crippen molar-refractivity contribution < 1.29 is 4.79 Å². The molecular weight excluding hydrogens is 162 g/mol. The van der Waals surface area contributed by atoms with Crippen molar-refractivity contribution in [2.24, 2.45) is 5.92 Å². The van der Waals surface area contributed by atoms with Crippen molar-refractivity contribution in [1.29, 1.82) is 0 Å². The van der Waals surface area contributed by atoms with E-state index in [2.05, 4.69) is 18.9 Å². The van der Waals surface area contributed by atoms with E-state index in [0.717, 1.165) is 24.8 Å². The maximum atomic E-state index is 10.2. The number of nitrogens with zero attached hydrogens (tertiary/aromatic N) is 1. The van der Waals surface area contributed by atoms with Gasteiger partial charge in [0.25, 0.3) is 0 Å². The van der Waals surface area contributed by atoms with Crippen LogP contribution < -0.4 is 0 Å². The molecule has 0 N–H and O–H groups in total. The first-order valence-corrected chi connectivity index (χ1v) is 5.38. The SMILES string of the molecule is CC1CCCC(N(C)CCC=O)C1. The number of hydrogen-bond acceptors (Lipinski definition) is 2. The summed E-state index contributed by atoms with van der Waals surface area (Å²) in [7, 11) is 2.15. The van der Waals surface area contributed by atoms with Gasteiger partial charge in [0.2, 0.25) is 0 Å². The molecule has 0 saturated heterocycles. The lowest BCUT2D eigenvalue weighted by molar-refractivity contribution is -0.108. The van der Waals surface area contributed by atoms with E-state index in [4.69, 9.17) is 0 Å². The standard InChI is InChI=1S/C11H21NO/c1-10-5-3-6-11(9-10)12(2)7-4-8-13/h8,10-11H,3-7,9H2,1-2H3. The van der Waals surface area contributed by atoms with Crippen LogP contribution in [0.4, 0.5) is 0 Å². The molecule has 0 aliphatic heterocycles. The first-order chi connectivity index (χ1) is 6.24. The molecule has 0 amide bonds. The summed E-state index contributed by atoms with van der Waals surface area (Å²) in [4.78, 5) is 12.6. The molecule has 0 radical (unpaired) electrons. The van der Waals surface area contributed by atoms with Gasteiger partial charge in [0.15, 0.2) is 0 Å². The molecule has 1 aliphatic rings. The van der Waals surface area contributed by atoms with Gasteiger partial charge in [-0.2, -0.15) is 0 Å². The molecule has 13 heavy (non-hydrogen) atoms. The first-order valence-electron chi connectivity index (χ1n) is 5.38. The molecule has 76 valence electrons. The summed E-state index contributed by atoms with van der Waals surface area (Å²) in [5.74, 6) is 0.873. The van der Waals surface area contributed by atoms with E-state index in [9.17, 15) is 4.79 Å². The monoisotopic (exact) mass is 183 g/mol. The van der Waals surface area contributed by atoms with Crippen LogP contribution in [0.25, 0.3) is 0 Å². The van der Waals surface area contributed by atoms with Gasteiger partial charge in [0.1, 0.15) is 6.29 Å². The van der Waals surface area contributed by atoms with E-state index in [0.29, 0.717) is 6.42 Å². The van der Waals surface area contributed by atoms with Crippen LogP contribution in [-0.2, 0) is 4.79 Å². The quantitative estimate of drug-likeness (QED) is 0.622. The Morgan fingerprint density at radius 2 is 2.23 bits per heavy atom. The minimum absolute atomic E-state index is 0.682. The highest BCUT2D eigenvalue weighted by Gasteiger charge is 2.21. The minimum Gasteiger partial charge on any atom is -0.303 e. The zero-order valence-corrected chi connectivity index (χ0v) is 8.83. The normalized spacial score (nSPS) is 29.2. The van der Waals surface area contributed by atoms with Gasteiger partial charge < -0.3 is 9.69 Å². The second-order valence-electron chi connectivity index (χ2n) is 4.36. The lowest BCUT2D eigenvalue weighted by atomic mass is 9.86. The molecule has 1 fully saturated rings. The molecule has 1 rings (SSSR count). The Labute approximate surface area is 81.3 Å². The van der Waals surface area contributed by atoms with Crippen LogP contribution >= 0.6 is 0 Å². The maximum absolute atomic E-state index is 10.2. The molecule has 0 heterocycles. The van der Waals surface area contributed by atoms with E-state index in [-0.39, 0.29) is 0 Å². The average molecular weight is 183 g/mol. The third-order valence-corrected chi connectivity index (χ3v) is 3.13. The lowest BCUT2D eigenvalue weighted by Gasteiger charge is -2.33. The van der Waals surface area contributed by atoms with Crippen molar-refractivity contribution >= 4 is 6.29 Å². The number of aldehydes is 1. The van der Waals surface area contributed by atoms with Gasteiger partial charge in [-0.1, -0.05) is 19.8 Å². The average Bonchev–Trinajstić information content (AvgIpc) is 2.14. The summed E-state index contributed by atoms with van der Waals surface area (Å²) >= 11 is 0. The Hall–Kier alpha value is -0.370. The fourth-order valence-corrected chi connectivity index (χ4v) is 2.24. The summed E-state index contributed by atoms with van der Waals surface area (Å²) in [6.45, 7) is 3.26. The second kappa shape index (κ2) is 5.38. The predicted octanol–water partition coefficient (Wildman–Crippen LogP) is 2.09. The van der Waals surface area contributed by atoms with E-state index < -0.39 is 0 Å². The molecule has 2 unspecified atom stereocenters. The molecule has 1 saturated carbocycles. The smallest absolute Gasteiger partial charge is 0.121 e. The molecular formula is C11H21NO. The van der Waals surface area contributed by atoms with Gasteiger partial charge in [-0.05, 0) is 25.8 Å². The Bertz CT molecular complexity index is 158. The van der Waals surface area contributed by atoms with Gasteiger partial charge in [-0.15, -0.1) is 0 Å². The summed E-state index contributed by atoms with van der Waals surface area (Å²) in [6.07, 6.45) is 7.08. The van der Waals surface area contributed by atoms with Crippen molar-refractivity contribution in [3.8, 4) is 0 Å². The van der Waals surface area contributed by atoms with E-state index >= 15 is 0 Å². The second-order valence-corrected chi connectivity index (χ2v) is 4.36. The van der Waals surface area contributed by atoms with Crippen molar-refractivity contribution in [2.75, 3.05) is 13.6 Å². The highest BCUT2D eigenvalue weighted by molar-refractivity contribution is 5.49. The molecule has 0 aromatic carbocycles. The Morgan fingerprint density at radius 3 is 2.85 bits per heavy atom. The summed E-state index contributed by atoms with van der Waals surface area (Å²) < 4.78 is 0. The zero-order valence-electron chi connectivity index (χ0n) is 8.83. The number of hydrogen-bond donors (Lipinski definition) is 0. The number of carbonyl (C=O) groups excluding carboxylic acids is 1. The van der Waals surface area contributed by atoms with Crippen LogP contribution in [0.5, 0.6) is 0 Å². The first kappa shape index (κ1) is 10.7. The van der Waals surface area contributed by atoms with Crippen molar-refractivity contribution in [3.05, 3.63) is 0 Å². The molecule has 0 aromatic rings. The molecule has 0 aromatic heterocycles. The van der Waals surface area contributed by atoms with Crippen molar-refractivity contribution in [2.45, 2.75) is 45.1 Å². The Balaban J connectivity index is 2.27. The summed E-state index contributed by atoms with van der Waals surface area (Å²) in [5, 5.41) is 0. The summed E-state index contributed by atoms with van der Waals surface area (Å²) in [6, 6.07) is 0.726. The topological polar surface area (TPSA) is 20.3 Å². The molecule has 2 atom stereocenters. The number of carbonyl (C=O) groups is 1. The molecule has 0 bridgehead atoms. The van der Waals surface area contributed by atoms with Crippen LogP contribution in [-0.4, -0.2) is 30.8 Å². The molecule has 0 spiro atoms. The largest absolute Gasteiger partial charge is 0.303 e. The predicted molar refractivity (Wildman–Crippen MR) is 54.7 cm³/mol. The molecule has 2 nitrogen and oxygen atoms in total. The Morgan fingerprint density at radius 1 is 1.46 bits per heavy atom. The van der Waals surface area contributed by atoms with Gasteiger partial charge >= 0.3 is 0 Å². The van der Waals surface area contributed by atoms with Gasteiger partial charge in [-0.3, -0.25) is 0 Å². The third-order valence-electron chi connectivity index (χ3n) is 3.13. The highest BCUT2D eigenvalue weighted by Crippen LogP contribution is 2.26. The van der Waals surface area contributed by atoms with Crippen LogP contribution in [0.2, 0.25) is 0 Å². The fraction of sp³-hybridized carbons (Fsp3) is 0.909. The van der Waals surface area contributed by atoms with Gasteiger partial charge in [0, 0.05) is 19.0 Å². The van der Waals surface area contributed by atoms with Crippen LogP contribution in [0.15, 0.2) is 0 Å².